The Morgan fingerprint density at radius 1 is 0.966 bits per heavy atom. The van der Waals surface area contributed by atoms with E-state index in [0.29, 0.717) is 17.2 Å². The van der Waals surface area contributed by atoms with Crippen molar-refractivity contribution in [3.63, 3.8) is 0 Å². The van der Waals surface area contributed by atoms with Crippen LogP contribution in [0.3, 0.4) is 0 Å². The van der Waals surface area contributed by atoms with E-state index in [2.05, 4.69) is 5.32 Å². The predicted octanol–water partition coefficient (Wildman–Crippen LogP) is 3.78. The van der Waals surface area contributed by atoms with Gasteiger partial charge in [-0.2, -0.15) is 0 Å². The lowest BCUT2D eigenvalue weighted by atomic mass is 10.1. The Hall–Kier alpha value is -3.54. The quantitative estimate of drug-likeness (QED) is 0.693. The summed E-state index contributed by atoms with van der Waals surface area (Å²) in [7, 11) is 3.14. The smallest absolute Gasteiger partial charge is 0.263 e. The summed E-state index contributed by atoms with van der Waals surface area (Å²) < 4.78 is 12.0. The van der Waals surface area contributed by atoms with Crippen molar-refractivity contribution in [2.45, 2.75) is 20.4 Å². The lowest BCUT2D eigenvalue weighted by molar-refractivity contribution is 0.102. The first kappa shape index (κ1) is 20.2. The zero-order valence-corrected chi connectivity index (χ0v) is 17.0. The van der Waals surface area contributed by atoms with Crippen molar-refractivity contribution in [1.82, 2.24) is 4.57 Å². The maximum Gasteiger partial charge on any atom is 0.263 e. The van der Waals surface area contributed by atoms with Crippen LogP contribution in [-0.4, -0.2) is 24.7 Å². The molecule has 0 saturated heterocycles. The van der Waals surface area contributed by atoms with Crippen LogP contribution in [0.15, 0.2) is 59.5 Å². The normalized spacial score (nSPS) is 10.5. The molecular formula is C23H24N2O4. The highest BCUT2D eigenvalue weighted by Gasteiger charge is 2.13. The van der Waals surface area contributed by atoms with Crippen LogP contribution in [0.1, 0.15) is 27.0 Å². The number of nitrogens with zero attached hydrogens (tertiary/aromatic N) is 1. The number of carbonyl (C=O) groups excluding carboxylic acids is 1. The molecular weight excluding hydrogens is 368 g/mol. The van der Waals surface area contributed by atoms with Crippen LogP contribution in [0, 0.1) is 13.8 Å². The average molecular weight is 392 g/mol. The van der Waals surface area contributed by atoms with Crippen molar-refractivity contribution in [1.29, 1.82) is 0 Å². The standard InChI is InChI=1S/C23H24N2O4/c1-15-7-8-18(10-16(15)2)24-22(26)21-6-5-9-25(23(21)27)14-17-11-19(28-3)13-20(12-17)29-4/h5-13H,14H2,1-4H3,(H,24,26). The van der Waals surface area contributed by atoms with Crippen LogP contribution < -0.4 is 20.3 Å². The molecule has 6 nitrogen and oxygen atoms in total. The van der Waals surface area contributed by atoms with E-state index in [-0.39, 0.29) is 17.7 Å². The largest absolute Gasteiger partial charge is 0.497 e. The van der Waals surface area contributed by atoms with Crippen LogP contribution in [0.5, 0.6) is 11.5 Å². The van der Waals surface area contributed by atoms with E-state index in [9.17, 15) is 9.59 Å². The van der Waals surface area contributed by atoms with Gasteiger partial charge in [-0.15, -0.1) is 0 Å². The van der Waals surface area contributed by atoms with Crippen molar-refractivity contribution in [3.05, 3.63) is 87.3 Å². The van der Waals surface area contributed by atoms with E-state index in [1.165, 1.54) is 10.6 Å². The summed E-state index contributed by atoms with van der Waals surface area (Å²) in [5, 5.41) is 2.80. The lowest BCUT2D eigenvalue weighted by Gasteiger charge is -2.12. The van der Waals surface area contributed by atoms with Crippen molar-refractivity contribution >= 4 is 11.6 Å². The lowest BCUT2D eigenvalue weighted by Crippen LogP contribution is -2.29. The topological polar surface area (TPSA) is 69.6 Å². The van der Waals surface area contributed by atoms with Gasteiger partial charge in [-0.3, -0.25) is 9.59 Å². The van der Waals surface area contributed by atoms with E-state index < -0.39 is 5.91 Å². The molecule has 0 saturated carbocycles. The number of rotatable bonds is 6. The molecule has 1 aromatic heterocycles. The number of pyridine rings is 1. The first-order valence-corrected chi connectivity index (χ1v) is 9.21. The Morgan fingerprint density at radius 2 is 1.66 bits per heavy atom. The summed E-state index contributed by atoms with van der Waals surface area (Å²) in [5.41, 5.74) is 3.41. The molecule has 0 bridgehead atoms. The van der Waals surface area contributed by atoms with E-state index in [1.54, 1.807) is 32.5 Å². The third-order valence-corrected chi connectivity index (χ3v) is 4.79. The highest BCUT2D eigenvalue weighted by atomic mass is 16.5. The van der Waals surface area contributed by atoms with Crippen molar-refractivity contribution in [2.75, 3.05) is 19.5 Å². The zero-order chi connectivity index (χ0) is 21.0. The molecule has 0 fully saturated rings. The second kappa shape index (κ2) is 8.65. The van der Waals surface area contributed by atoms with Crippen LogP contribution in [-0.2, 0) is 6.54 Å². The monoisotopic (exact) mass is 392 g/mol. The van der Waals surface area contributed by atoms with E-state index in [4.69, 9.17) is 9.47 Å². The minimum absolute atomic E-state index is 0.0839. The molecule has 29 heavy (non-hydrogen) atoms. The Bertz CT molecular complexity index is 1080. The zero-order valence-electron chi connectivity index (χ0n) is 17.0. The third-order valence-electron chi connectivity index (χ3n) is 4.79. The number of methoxy groups -OCH3 is 2. The number of hydrogen-bond donors (Lipinski definition) is 1. The summed E-state index contributed by atoms with van der Waals surface area (Å²) in [5.74, 6) is 0.836. The number of nitrogens with one attached hydrogen (secondary N) is 1. The van der Waals surface area contributed by atoms with Crippen molar-refractivity contribution in [3.8, 4) is 11.5 Å². The third kappa shape index (κ3) is 4.66. The van der Waals surface area contributed by atoms with Gasteiger partial charge in [0.05, 0.1) is 20.8 Å². The molecule has 0 aliphatic heterocycles. The fourth-order valence-corrected chi connectivity index (χ4v) is 3.01. The minimum Gasteiger partial charge on any atom is -0.497 e. The molecule has 1 heterocycles. The molecule has 2 aromatic carbocycles. The van der Waals surface area contributed by atoms with Crippen molar-refractivity contribution < 1.29 is 14.3 Å². The Balaban J connectivity index is 1.87. The number of benzene rings is 2. The Kier molecular flexibility index (Phi) is 6.02. The Morgan fingerprint density at radius 3 is 2.28 bits per heavy atom. The number of ether oxygens (including phenoxy) is 2. The van der Waals surface area contributed by atoms with Crippen LogP contribution in [0.2, 0.25) is 0 Å². The summed E-state index contributed by atoms with van der Waals surface area (Å²) >= 11 is 0. The first-order chi connectivity index (χ1) is 13.9. The molecule has 1 N–H and O–H groups in total. The van der Waals surface area contributed by atoms with Gasteiger partial charge in [0.25, 0.3) is 11.5 Å². The first-order valence-electron chi connectivity index (χ1n) is 9.21. The number of carbonyl (C=O) groups is 1. The van der Waals surface area contributed by atoms with Gasteiger partial charge < -0.3 is 19.4 Å². The fraction of sp³-hybridized carbons (Fsp3) is 0.217. The minimum atomic E-state index is -0.434. The summed E-state index contributed by atoms with van der Waals surface area (Å²) in [4.78, 5) is 25.5. The highest BCUT2D eigenvalue weighted by molar-refractivity contribution is 6.04. The molecule has 0 radical (unpaired) electrons. The summed E-state index contributed by atoms with van der Waals surface area (Å²) in [6.45, 7) is 4.27. The molecule has 0 aliphatic rings. The van der Waals surface area contributed by atoms with E-state index >= 15 is 0 Å². The molecule has 0 aliphatic carbocycles. The van der Waals surface area contributed by atoms with Gasteiger partial charge in [0.15, 0.2) is 0 Å². The molecule has 0 atom stereocenters. The number of anilines is 1. The van der Waals surface area contributed by atoms with E-state index in [0.717, 1.165) is 16.7 Å². The van der Waals surface area contributed by atoms with Crippen LogP contribution >= 0.6 is 0 Å². The molecule has 3 aromatic rings. The molecule has 150 valence electrons. The van der Waals surface area contributed by atoms with Gasteiger partial charge in [-0.1, -0.05) is 6.07 Å². The highest BCUT2D eigenvalue weighted by Crippen LogP contribution is 2.23. The molecule has 0 unspecified atom stereocenters. The number of hydrogen-bond acceptors (Lipinski definition) is 4. The average Bonchev–Trinajstić information content (AvgIpc) is 2.71. The van der Waals surface area contributed by atoms with Gasteiger partial charge in [0.2, 0.25) is 0 Å². The van der Waals surface area contributed by atoms with Gasteiger partial charge in [-0.05, 0) is 66.9 Å². The SMILES string of the molecule is COc1cc(Cn2cccc(C(=O)Nc3ccc(C)c(C)c3)c2=O)cc(OC)c1. The number of aryl methyl sites for hydroxylation is 2. The maximum atomic E-state index is 12.9. The van der Waals surface area contributed by atoms with Crippen molar-refractivity contribution in [2.24, 2.45) is 0 Å². The van der Waals surface area contributed by atoms with Gasteiger partial charge in [0.1, 0.15) is 17.1 Å². The fourth-order valence-electron chi connectivity index (χ4n) is 3.01. The number of amides is 1. The van der Waals surface area contributed by atoms with Gasteiger partial charge >= 0.3 is 0 Å². The molecule has 1 amide bonds. The van der Waals surface area contributed by atoms with E-state index in [1.807, 2.05) is 44.2 Å². The number of aromatic nitrogens is 1. The predicted molar refractivity (Wildman–Crippen MR) is 113 cm³/mol. The molecule has 0 spiro atoms. The maximum absolute atomic E-state index is 12.9. The summed E-state index contributed by atoms with van der Waals surface area (Å²) in [6, 6.07) is 14.3. The molecule has 3 rings (SSSR count). The second-order valence-corrected chi connectivity index (χ2v) is 6.83. The Labute approximate surface area is 169 Å². The van der Waals surface area contributed by atoms with Crippen LogP contribution in [0.25, 0.3) is 0 Å². The van der Waals surface area contributed by atoms with Crippen LogP contribution in [0.4, 0.5) is 5.69 Å². The summed E-state index contributed by atoms with van der Waals surface area (Å²) in [6.07, 6.45) is 1.65. The second-order valence-electron chi connectivity index (χ2n) is 6.83. The molecule has 6 heteroatoms. The van der Waals surface area contributed by atoms with Gasteiger partial charge in [0, 0.05) is 18.0 Å². The van der Waals surface area contributed by atoms with Gasteiger partial charge in [-0.25, -0.2) is 0 Å².